The summed E-state index contributed by atoms with van der Waals surface area (Å²) in [6, 6.07) is 7.35. The van der Waals surface area contributed by atoms with Crippen molar-refractivity contribution in [2.75, 3.05) is 29.9 Å². The molecule has 1 aromatic carbocycles. The molecule has 1 aliphatic carbocycles. The summed E-state index contributed by atoms with van der Waals surface area (Å²) in [7, 11) is 3.57. The van der Waals surface area contributed by atoms with Crippen molar-refractivity contribution in [1.82, 2.24) is 25.5 Å². The molecule has 9 heteroatoms. The van der Waals surface area contributed by atoms with Gasteiger partial charge in [-0.3, -0.25) is 9.59 Å². The molecular weight excluding hydrogens is 442 g/mol. The van der Waals surface area contributed by atoms with Gasteiger partial charge >= 0.3 is 0 Å². The lowest BCUT2D eigenvalue weighted by Gasteiger charge is -2.30. The number of likely N-dealkylation sites (N-methyl/N-ethyl adjacent to an activating group) is 1. The fourth-order valence-electron chi connectivity index (χ4n) is 5.08. The van der Waals surface area contributed by atoms with Crippen LogP contribution in [0, 0.1) is 17.8 Å². The lowest BCUT2D eigenvalue weighted by Crippen LogP contribution is -2.53. The molecule has 0 spiro atoms. The molecule has 1 N–H and O–H groups in total. The van der Waals surface area contributed by atoms with Crippen LogP contribution < -0.4 is 15.1 Å². The van der Waals surface area contributed by atoms with Crippen LogP contribution in [-0.2, 0) is 16.6 Å². The molecule has 2 amide bonds. The number of nitrogens with zero attached hydrogens (tertiary/aromatic N) is 6. The second-order valence-corrected chi connectivity index (χ2v) is 10.3. The zero-order chi connectivity index (χ0) is 25.1. The maximum atomic E-state index is 13.8. The summed E-state index contributed by atoms with van der Waals surface area (Å²) < 4.78 is 1.62. The Balaban J connectivity index is 1.61. The number of hydrogen-bond donors (Lipinski definition) is 1. The summed E-state index contributed by atoms with van der Waals surface area (Å²) in [6.07, 6.45) is 5.45. The fraction of sp³-hybridized carbons (Fsp3) is 0.577. The number of nitrogens with one attached hydrogen (secondary N) is 1. The number of carbonyl (C=O) groups excluding carboxylic acids is 2. The standard InChI is InChI=1S/C26H37N7O2/c1-6-9-19(24-28-29-30-32(24)5)20(14-17(2)3)25(34)27-21-16-33(15-18-12-13-18)23-11-8-7-10-22(23)31(4)26(21)35/h6-8,10-11,17-21H,1,9,12-16H2,2-5H3,(H,27,34). The summed E-state index contributed by atoms with van der Waals surface area (Å²) in [5, 5.41) is 15.1. The molecule has 1 aliphatic heterocycles. The molecule has 4 rings (SSSR count). The van der Waals surface area contributed by atoms with Crippen LogP contribution in [0.2, 0.25) is 0 Å². The van der Waals surface area contributed by atoms with Crippen molar-refractivity contribution >= 4 is 23.2 Å². The van der Waals surface area contributed by atoms with Gasteiger partial charge in [-0.25, -0.2) is 4.68 Å². The number of carbonyl (C=O) groups is 2. The number of benzene rings is 1. The third-order valence-electron chi connectivity index (χ3n) is 7.06. The number of hydrogen-bond acceptors (Lipinski definition) is 6. The van der Waals surface area contributed by atoms with Crippen molar-refractivity contribution in [3.63, 3.8) is 0 Å². The number of tetrazole rings is 1. The maximum absolute atomic E-state index is 13.8. The van der Waals surface area contributed by atoms with Gasteiger partial charge in [0.05, 0.1) is 11.4 Å². The van der Waals surface area contributed by atoms with Crippen LogP contribution in [0.5, 0.6) is 0 Å². The van der Waals surface area contributed by atoms with E-state index in [4.69, 9.17) is 0 Å². The Bertz CT molecular complexity index is 1060. The summed E-state index contributed by atoms with van der Waals surface area (Å²) in [6.45, 7) is 9.44. The first-order valence-corrected chi connectivity index (χ1v) is 12.5. The summed E-state index contributed by atoms with van der Waals surface area (Å²) in [5.74, 6) is 0.712. The molecule has 1 aromatic heterocycles. The molecule has 9 nitrogen and oxygen atoms in total. The topological polar surface area (TPSA) is 96.2 Å². The van der Waals surface area contributed by atoms with E-state index in [2.05, 4.69) is 52.2 Å². The minimum Gasteiger partial charge on any atom is -0.367 e. The highest BCUT2D eigenvalue weighted by molar-refractivity contribution is 6.03. The third-order valence-corrected chi connectivity index (χ3v) is 7.06. The zero-order valence-electron chi connectivity index (χ0n) is 21.2. The molecule has 35 heavy (non-hydrogen) atoms. The number of aromatic nitrogens is 4. The number of fused-ring (bicyclic) bond motifs is 1. The van der Waals surface area contributed by atoms with Crippen LogP contribution in [0.25, 0.3) is 0 Å². The highest BCUT2D eigenvalue weighted by Crippen LogP contribution is 2.37. The van der Waals surface area contributed by atoms with Crippen molar-refractivity contribution in [3.8, 4) is 0 Å². The van der Waals surface area contributed by atoms with Crippen LogP contribution in [0.3, 0.4) is 0 Å². The molecule has 0 bridgehead atoms. The van der Waals surface area contributed by atoms with Gasteiger partial charge < -0.3 is 15.1 Å². The Morgan fingerprint density at radius 1 is 1.23 bits per heavy atom. The first-order chi connectivity index (χ1) is 16.8. The van der Waals surface area contributed by atoms with Gasteiger partial charge in [0.1, 0.15) is 6.04 Å². The Hall–Kier alpha value is -3.23. The highest BCUT2D eigenvalue weighted by atomic mass is 16.2. The summed E-state index contributed by atoms with van der Waals surface area (Å²) in [4.78, 5) is 31.3. The normalized spacial score (nSPS) is 19.8. The van der Waals surface area contributed by atoms with E-state index in [1.54, 1.807) is 29.8 Å². The van der Waals surface area contributed by atoms with Crippen LogP contribution in [0.1, 0.15) is 51.3 Å². The number of amides is 2. The van der Waals surface area contributed by atoms with E-state index < -0.39 is 12.0 Å². The predicted molar refractivity (Wildman–Crippen MR) is 136 cm³/mol. The Morgan fingerprint density at radius 3 is 2.54 bits per heavy atom. The molecule has 3 atom stereocenters. The van der Waals surface area contributed by atoms with E-state index >= 15 is 0 Å². The van der Waals surface area contributed by atoms with Crippen LogP contribution >= 0.6 is 0 Å². The Kier molecular flexibility index (Phi) is 7.52. The van der Waals surface area contributed by atoms with Crippen molar-refractivity contribution in [2.45, 2.75) is 51.5 Å². The van der Waals surface area contributed by atoms with Gasteiger partial charge in [-0.15, -0.1) is 11.7 Å². The average Bonchev–Trinajstić information content (AvgIpc) is 3.57. The predicted octanol–water partition coefficient (Wildman–Crippen LogP) is 2.91. The van der Waals surface area contributed by atoms with Crippen LogP contribution in [0.15, 0.2) is 36.9 Å². The first-order valence-electron chi connectivity index (χ1n) is 12.5. The molecule has 0 saturated heterocycles. The van der Waals surface area contributed by atoms with E-state index in [9.17, 15) is 9.59 Å². The Labute approximate surface area is 207 Å². The van der Waals surface area contributed by atoms with Crippen molar-refractivity contribution in [3.05, 3.63) is 42.7 Å². The first kappa shape index (κ1) is 24.9. The van der Waals surface area contributed by atoms with E-state index in [1.165, 1.54) is 12.8 Å². The summed E-state index contributed by atoms with van der Waals surface area (Å²) >= 11 is 0. The molecule has 0 radical (unpaired) electrons. The SMILES string of the molecule is C=CCC(c1nnnn1C)C(CC(C)C)C(=O)NC1CN(CC2CC2)c2ccccc2N(C)C1=O. The molecule has 2 heterocycles. The van der Waals surface area contributed by atoms with Gasteiger partial charge in [-0.05, 0) is 60.1 Å². The molecule has 2 aromatic rings. The molecule has 1 fully saturated rings. The molecular formula is C26H37N7O2. The molecule has 2 aliphatic rings. The van der Waals surface area contributed by atoms with Gasteiger partial charge in [-0.1, -0.05) is 32.1 Å². The quantitative estimate of drug-likeness (QED) is 0.527. The van der Waals surface area contributed by atoms with E-state index in [0.29, 0.717) is 31.1 Å². The largest absolute Gasteiger partial charge is 0.367 e. The van der Waals surface area contributed by atoms with Gasteiger partial charge in [0, 0.05) is 39.0 Å². The molecule has 3 unspecified atom stereocenters. The minimum absolute atomic E-state index is 0.104. The van der Waals surface area contributed by atoms with Crippen molar-refractivity contribution in [2.24, 2.45) is 24.8 Å². The van der Waals surface area contributed by atoms with Crippen LogP contribution in [0.4, 0.5) is 11.4 Å². The molecule has 1 saturated carbocycles. The second kappa shape index (κ2) is 10.6. The number of rotatable bonds is 10. The Morgan fingerprint density at radius 2 is 1.94 bits per heavy atom. The fourth-order valence-corrected chi connectivity index (χ4v) is 5.08. The lowest BCUT2D eigenvalue weighted by atomic mass is 9.82. The lowest BCUT2D eigenvalue weighted by molar-refractivity contribution is -0.130. The minimum atomic E-state index is -0.643. The second-order valence-electron chi connectivity index (χ2n) is 10.3. The van der Waals surface area contributed by atoms with Gasteiger partial charge in [0.2, 0.25) is 5.91 Å². The van der Waals surface area contributed by atoms with E-state index in [-0.39, 0.29) is 23.7 Å². The smallest absolute Gasteiger partial charge is 0.251 e. The van der Waals surface area contributed by atoms with Gasteiger partial charge in [0.25, 0.3) is 5.91 Å². The van der Waals surface area contributed by atoms with Crippen LogP contribution in [-0.4, -0.2) is 58.2 Å². The van der Waals surface area contributed by atoms with Gasteiger partial charge in [-0.2, -0.15) is 0 Å². The third kappa shape index (κ3) is 5.55. The summed E-state index contributed by atoms with van der Waals surface area (Å²) in [5.41, 5.74) is 1.92. The van der Waals surface area contributed by atoms with Gasteiger partial charge in [0.15, 0.2) is 5.82 Å². The average molecular weight is 480 g/mol. The van der Waals surface area contributed by atoms with E-state index in [0.717, 1.165) is 17.9 Å². The number of anilines is 2. The number of allylic oxidation sites excluding steroid dienone is 1. The molecule has 188 valence electrons. The highest BCUT2D eigenvalue weighted by Gasteiger charge is 2.38. The number of para-hydroxylation sites is 2. The van der Waals surface area contributed by atoms with E-state index in [1.807, 2.05) is 18.2 Å². The number of aryl methyl sites for hydroxylation is 1. The van der Waals surface area contributed by atoms with Crippen molar-refractivity contribution < 1.29 is 9.59 Å². The maximum Gasteiger partial charge on any atom is 0.251 e. The monoisotopic (exact) mass is 479 g/mol. The van der Waals surface area contributed by atoms with Crippen molar-refractivity contribution in [1.29, 1.82) is 0 Å². The zero-order valence-corrected chi connectivity index (χ0v) is 21.2.